The molecule has 0 aliphatic rings. The van der Waals surface area contributed by atoms with Crippen molar-refractivity contribution in [2.45, 2.75) is 0 Å². The largest absolute Gasteiger partial charge is 0.497 e. The lowest BCUT2D eigenvalue weighted by Gasteiger charge is -2.01. The Kier molecular flexibility index (Phi) is 5.22. The Morgan fingerprint density at radius 1 is 1.00 bits per heavy atom. The number of carbonyl (C=O) groups is 1. The van der Waals surface area contributed by atoms with Crippen LogP contribution in [-0.4, -0.2) is 19.2 Å². The molecule has 0 saturated heterocycles. The monoisotopic (exact) mass is 330 g/mol. The maximum absolute atomic E-state index is 11.9. The molecule has 0 aliphatic heterocycles. The molecule has 0 aliphatic carbocycles. The van der Waals surface area contributed by atoms with Crippen molar-refractivity contribution in [3.05, 3.63) is 83.9 Å². The molecular weight excluding hydrogens is 312 g/mol. The van der Waals surface area contributed by atoms with Crippen molar-refractivity contribution >= 4 is 29.0 Å². The molecule has 3 aromatic carbocycles. The number of hydrogen-bond acceptors (Lipinski definition) is 3. The zero-order valence-corrected chi connectivity index (χ0v) is 13.8. The van der Waals surface area contributed by atoms with Crippen LogP contribution in [0.1, 0.15) is 11.1 Å². The highest BCUT2D eigenvalue weighted by Crippen LogP contribution is 2.16. The van der Waals surface area contributed by atoms with Crippen molar-refractivity contribution in [2.75, 3.05) is 7.11 Å². The predicted octanol–water partition coefficient (Wildman–Crippen LogP) is 4.01. The second kappa shape index (κ2) is 7.93. The zero-order chi connectivity index (χ0) is 17.5. The first-order valence-electron chi connectivity index (χ1n) is 7.89. The second-order valence-corrected chi connectivity index (χ2v) is 5.41. The number of nitrogens with one attached hydrogen (secondary N) is 1. The number of ether oxygens (including phenoxy) is 1. The van der Waals surface area contributed by atoms with Gasteiger partial charge in [0.2, 0.25) is 0 Å². The van der Waals surface area contributed by atoms with Gasteiger partial charge in [-0.05, 0) is 34.5 Å². The van der Waals surface area contributed by atoms with Gasteiger partial charge in [-0.3, -0.25) is 4.79 Å². The number of methoxy groups -OCH3 is 1. The van der Waals surface area contributed by atoms with Gasteiger partial charge in [-0.2, -0.15) is 5.10 Å². The Hall–Kier alpha value is -3.40. The topological polar surface area (TPSA) is 50.7 Å². The fourth-order valence-corrected chi connectivity index (χ4v) is 2.45. The molecule has 25 heavy (non-hydrogen) atoms. The Balaban J connectivity index is 1.63. The number of fused-ring (bicyclic) bond motifs is 1. The molecule has 4 nitrogen and oxygen atoms in total. The lowest BCUT2D eigenvalue weighted by atomic mass is 10.1. The van der Waals surface area contributed by atoms with Crippen LogP contribution in [0.4, 0.5) is 0 Å². The summed E-state index contributed by atoms with van der Waals surface area (Å²) in [6.45, 7) is 0. The number of amides is 1. The van der Waals surface area contributed by atoms with E-state index in [-0.39, 0.29) is 5.91 Å². The minimum Gasteiger partial charge on any atom is -0.497 e. The maximum atomic E-state index is 11.9. The number of benzene rings is 3. The van der Waals surface area contributed by atoms with Gasteiger partial charge in [0.25, 0.3) is 5.91 Å². The van der Waals surface area contributed by atoms with Crippen molar-refractivity contribution in [2.24, 2.45) is 5.10 Å². The summed E-state index contributed by atoms with van der Waals surface area (Å²) in [5.74, 6) is 0.494. The van der Waals surface area contributed by atoms with Crippen molar-refractivity contribution in [3.8, 4) is 5.75 Å². The van der Waals surface area contributed by atoms with E-state index in [1.807, 2.05) is 66.7 Å². The van der Waals surface area contributed by atoms with Crippen LogP contribution in [0.3, 0.4) is 0 Å². The van der Waals surface area contributed by atoms with Crippen LogP contribution in [-0.2, 0) is 4.79 Å². The number of rotatable bonds is 5. The molecule has 0 aromatic heterocycles. The average Bonchev–Trinajstić information content (AvgIpc) is 2.67. The van der Waals surface area contributed by atoms with Gasteiger partial charge in [-0.25, -0.2) is 5.43 Å². The molecule has 1 N–H and O–H groups in total. The molecular formula is C21H18N2O2. The SMILES string of the molecule is COc1ccc(/C=C/C(=O)N/N=C\c2cccc3ccccc23)cc1. The summed E-state index contributed by atoms with van der Waals surface area (Å²) in [7, 11) is 1.62. The molecule has 1 amide bonds. The Labute approximate surface area is 146 Å². The first-order chi connectivity index (χ1) is 12.3. The number of hydrazone groups is 1. The van der Waals surface area contributed by atoms with E-state index in [9.17, 15) is 4.79 Å². The third-order valence-corrected chi connectivity index (χ3v) is 3.74. The lowest BCUT2D eigenvalue weighted by Crippen LogP contribution is -2.14. The van der Waals surface area contributed by atoms with Crippen LogP contribution >= 0.6 is 0 Å². The van der Waals surface area contributed by atoms with Gasteiger partial charge in [0, 0.05) is 11.6 Å². The van der Waals surface area contributed by atoms with Crippen molar-refractivity contribution in [1.82, 2.24) is 5.43 Å². The van der Waals surface area contributed by atoms with E-state index >= 15 is 0 Å². The third-order valence-electron chi connectivity index (χ3n) is 3.74. The Bertz CT molecular complexity index is 923. The summed E-state index contributed by atoms with van der Waals surface area (Å²) in [4.78, 5) is 11.9. The lowest BCUT2D eigenvalue weighted by molar-refractivity contribution is -0.116. The molecule has 4 heteroatoms. The Morgan fingerprint density at radius 2 is 1.76 bits per heavy atom. The summed E-state index contributed by atoms with van der Waals surface area (Å²) >= 11 is 0. The van der Waals surface area contributed by atoms with Gasteiger partial charge in [0.15, 0.2) is 0 Å². The number of hydrogen-bond donors (Lipinski definition) is 1. The standard InChI is InChI=1S/C21H18N2O2/c1-25-19-12-9-16(10-13-19)11-14-21(24)23-22-15-18-7-4-6-17-5-2-3-8-20(17)18/h2-15H,1H3,(H,23,24)/b14-11+,22-15-. The first kappa shape index (κ1) is 16.5. The van der Waals surface area contributed by atoms with E-state index in [0.717, 1.165) is 27.6 Å². The van der Waals surface area contributed by atoms with Gasteiger partial charge in [-0.1, -0.05) is 54.6 Å². The van der Waals surface area contributed by atoms with Gasteiger partial charge in [0.05, 0.1) is 13.3 Å². The molecule has 0 atom stereocenters. The zero-order valence-electron chi connectivity index (χ0n) is 13.8. The van der Waals surface area contributed by atoms with E-state index < -0.39 is 0 Å². The van der Waals surface area contributed by atoms with E-state index in [0.29, 0.717) is 0 Å². The number of carbonyl (C=O) groups excluding carboxylic acids is 1. The highest BCUT2D eigenvalue weighted by Gasteiger charge is 1.98. The van der Waals surface area contributed by atoms with E-state index in [1.165, 1.54) is 6.08 Å². The minimum atomic E-state index is -0.285. The summed E-state index contributed by atoms with van der Waals surface area (Å²) < 4.78 is 5.10. The van der Waals surface area contributed by atoms with Crippen molar-refractivity contribution < 1.29 is 9.53 Å². The molecule has 124 valence electrons. The summed E-state index contributed by atoms with van der Waals surface area (Å²) in [5, 5.41) is 6.27. The maximum Gasteiger partial charge on any atom is 0.264 e. The molecule has 0 saturated carbocycles. The predicted molar refractivity (Wildman–Crippen MR) is 102 cm³/mol. The van der Waals surface area contributed by atoms with Crippen LogP contribution < -0.4 is 10.2 Å². The normalized spacial score (nSPS) is 11.2. The van der Waals surface area contributed by atoms with E-state index in [4.69, 9.17) is 4.74 Å². The molecule has 0 radical (unpaired) electrons. The molecule has 0 spiro atoms. The highest BCUT2D eigenvalue weighted by atomic mass is 16.5. The average molecular weight is 330 g/mol. The molecule has 3 rings (SSSR count). The molecule has 3 aromatic rings. The van der Waals surface area contributed by atoms with E-state index in [2.05, 4.69) is 10.5 Å². The van der Waals surface area contributed by atoms with Gasteiger partial charge in [-0.15, -0.1) is 0 Å². The highest BCUT2D eigenvalue weighted by molar-refractivity contribution is 6.00. The van der Waals surface area contributed by atoms with Crippen LogP contribution in [0.15, 0.2) is 77.9 Å². The molecule has 0 fully saturated rings. The quantitative estimate of drug-likeness (QED) is 0.436. The van der Waals surface area contributed by atoms with Crippen LogP contribution in [0.25, 0.3) is 16.8 Å². The Morgan fingerprint density at radius 3 is 2.56 bits per heavy atom. The number of nitrogens with zero attached hydrogens (tertiary/aromatic N) is 1. The summed E-state index contributed by atoms with van der Waals surface area (Å²) in [6, 6.07) is 21.5. The fourth-order valence-electron chi connectivity index (χ4n) is 2.45. The van der Waals surface area contributed by atoms with Crippen LogP contribution in [0, 0.1) is 0 Å². The van der Waals surface area contributed by atoms with Crippen LogP contribution in [0.5, 0.6) is 5.75 Å². The first-order valence-corrected chi connectivity index (χ1v) is 7.89. The molecule has 0 bridgehead atoms. The van der Waals surface area contributed by atoms with Gasteiger partial charge >= 0.3 is 0 Å². The van der Waals surface area contributed by atoms with Crippen LogP contribution in [0.2, 0.25) is 0 Å². The minimum absolute atomic E-state index is 0.285. The van der Waals surface area contributed by atoms with E-state index in [1.54, 1.807) is 19.4 Å². The van der Waals surface area contributed by atoms with Gasteiger partial charge < -0.3 is 4.74 Å². The molecule has 0 heterocycles. The van der Waals surface area contributed by atoms with Crippen molar-refractivity contribution in [3.63, 3.8) is 0 Å². The third kappa shape index (κ3) is 4.32. The summed E-state index contributed by atoms with van der Waals surface area (Å²) in [5.41, 5.74) is 4.37. The molecule has 0 unspecified atom stereocenters. The smallest absolute Gasteiger partial charge is 0.264 e. The fraction of sp³-hybridized carbons (Fsp3) is 0.0476. The van der Waals surface area contributed by atoms with Gasteiger partial charge in [0.1, 0.15) is 5.75 Å². The summed E-state index contributed by atoms with van der Waals surface area (Å²) in [6.07, 6.45) is 4.83. The second-order valence-electron chi connectivity index (χ2n) is 5.41. The van der Waals surface area contributed by atoms with Crippen molar-refractivity contribution in [1.29, 1.82) is 0 Å².